The van der Waals surface area contributed by atoms with Crippen LogP contribution in [0.2, 0.25) is 0 Å². The van der Waals surface area contributed by atoms with Crippen molar-refractivity contribution in [1.82, 2.24) is 0 Å². The molecule has 0 aliphatic carbocycles. The van der Waals surface area contributed by atoms with Gasteiger partial charge in [0.25, 0.3) is 0 Å². The van der Waals surface area contributed by atoms with E-state index in [1.54, 1.807) is 0 Å². The van der Waals surface area contributed by atoms with E-state index < -0.39 is 15.2 Å². The summed E-state index contributed by atoms with van der Waals surface area (Å²) in [4.78, 5) is 0. The fraction of sp³-hybridized carbons (Fsp3) is 0.625. The first-order valence-electron chi connectivity index (χ1n) is 7.57. The maximum atomic E-state index is 12.5. The van der Waals surface area contributed by atoms with Gasteiger partial charge < -0.3 is 18.1 Å². The molecule has 0 spiro atoms. The first kappa shape index (κ1) is 21.6. The highest BCUT2D eigenvalue weighted by Gasteiger charge is 2.29. The van der Waals surface area contributed by atoms with Crippen LogP contribution in [0.5, 0.6) is 0 Å². The van der Waals surface area contributed by atoms with Crippen molar-refractivity contribution in [2.75, 3.05) is 28.4 Å². The molecule has 0 aliphatic rings. The number of rotatable bonds is 8. The normalized spacial score (nSPS) is 12.7. The van der Waals surface area contributed by atoms with Crippen LogP contribution in [0.3, 0.4) is 0 Å². The van der Waals surface area contributed by atoms with Gasteiger partial charge in [0.15, 0.2) is 0 Å². The second-order valence-corrected chi connectivity index (χ2v) is 10.3. The number of benzene rings is 1. The Kier molecular flexibility index (Phi) is 7.43. The smallest absolute Gasteiger partial charge is 0.312 e. The molecule has 0 N–H and O–H groups in total. The summed E-state index contributed by atoms with van der Waals surface area (Å²) in [6.07, 6.45) is 0.400. The van der Waals surface area contributed by atoms with Gasteiger partial charge in [-0.25, -0.2) is 0 Å². The highest BCUT2D eigenvalue weighted by molar-refractivity contribution is 7.53. The van der Waals surface area contributed by atoms with Crippen molar-refractivity contribution in [3.63, 3.8) is 0 Å². The van der Waals surface area contributed by atoms with E-state index in [2.05, 4.69) is 0 Å². The van der Waals surface area contributed by atoms with Crippen molar-refractivity contribution in [1.29, 1.82) is 0 Å². The van der Waals surface area contributed by atoms with Crippen molar-refractivity contribution in [3.8, 4) is 0 Å². The molecule has 1 aromatic rings. The van der Waals surface area contributed by atoms with Crippen molar-refractivity contribution < 1.29 is 27.2 Å². The minimum Gasteiger partial charge on any atom is -0.312 e. The van der Waals surface area contributed by atoms with Gasteiger partial charge in [-0.15, -0.1) is 0 Å². The standard InChI is InChI=1S/C16H28O6P2/c1-11-12(2)16(10-24(18,21-7)22-8)14(4)13(3)15(11)9-23(17,19-5)20-6/h9-10H2,1-8H3. The van der Waals surface area contributed by atoms with Crippen LogP contribution in [0.1, 0.15) is 33.4 Å². The maximum Gasteiger partial charge on any atom is 0.334 e. The maximum absolute atomic E-state index is 12.5. The van der Waals surface area contributed by atoms with Gasteiger partial charge in [-0.1, -0.05) is 0 Å². The lowest BCUT2D eigenvalue weighted by molar-refractivity contribution is 0.273. The molecule has 0 atom stereocenters. The molecule has 138 valence electrons. The van der Waals surface area contributed by atoms with Crippen molar-refractivity contribution in [2.24, 2.45) is 0 Å². The Balaban J connectivity index is 3.46. The van der Waals surface area contributed by atoms with E-state index in [-0.39, 0.29) is 12.3 Å². The molecule has 0 fully saturated rings. The summed E-state index contributed by atoms with van der Waals surface area (Å²) in [5, 5.41) is 0. The van der Waals surface area contributed by atoms with Gasteiger partial charge in [-0.3, -0.25) is 9.13 Å². The summed E-state index contributed by atoms with van der Waals surface area (Å²) in [5.74, 6) is 0. The lowest BCUT2D eigenvalue weighted by Gasteiger charge is -2.24. The molecule has 0 saturated carbocycles. The lowest BCUT2D eigenvalue weighted by Crippen LogP contribution is -2.08. The van der Waals surface area contributed by atoms with Gasteiger partial charge in [0.2, 0.25) is 0 Å². The summed E-state index contributed by atoms with van der Waals surface area (Å²) in [6, 6.07) is 0. The second-order valence-electron chi connectivity index (χ2n) is 5.73. The Morgan fingerprint density at radius 2 is 0.792 bits per heavy atom. The van der Waals surface area contributed by atoms with Gasteiger partial charge in [0.1, 0.15) is 0 Å². The molecule has 0 bridgehead atoms. The SMILES string of the molecule is COP(=O)(Cc1c(C)c(C)c(CP(=O)(OC)OC)c(C)c1C)OC. The lowest BCUT2D eigenvalue weighted by atomic mass is 9.90. The average molecular weight is 378 g/mol. The fourth-order valence-corrected chi connectivity index (χ4v) is 5.27. The van der Waals surface area contributed by atoms with Crippen molar-refractivity contribution in [2.45, 2.75) is 40.0 Å². The van der Waals surface area contributed by atoms with Gasteiger partial charge >= 0.3 is 15.2 Å². The molecule has 6 nitrogen and oxygen atoms in total. The van der Waals surface area contributed by atoms with E-state index in [4.69, 9.17) is 18.1 Å². The third-order valence-electron chi connectivity index (χ3n) is 4.75. The van der Waals surface area contributed by atoms with Gasteiger partial charge in [-0.2, -0.15) is 0 Å². The van der Waals surface area contributed by atoms with Crippen LogP contribution in [0.4, 0.5) is 0 Å². The summed E-state index contributed by atoms with van der Waals surface area (Å²) < 4.78 is 45.3. The summed E-state index contributed by atoms with van der Waals surface area (Å²) in [6.45, 7) is 7.84. The monoisotopic (exact) mass is 378 g/mol. The molecule has 8 heteroatoms. The summed E-state index contributed by atoms with van der Waals surface area (Å²) in [5.41, 5.74) is 5.82. The highest BCUT2D eigenvalue weighted by atomic mass is 31.2. The molecule has 0 radical (unpaired) electrons. The molecule has 0 aromatic heterocycles. The predicted molar refractivity (Wildman–Crippen MR) is 96.0 cm³/mol. The van der Waals surface area contributed by atoms with Crippen LogP contribution in [-0.4, -0.2) is 28.4 Å². The first-order valence-corrected chi connectivity index (χ1v) is 11.0. The van der Waals surface area contributed by atoms with Crippen molar-refractivity contribution in [3.05, 3.63) is 33.4 Å². The zero-order valence-electron chi connectivity index (χ0n) is 15.8. The molecule has 0 saturated heterocycles. The van der Waals surface area contributed by atoms with Crippen LogP contribution in [0.15, 0.2) is 0 Å². The van der Waals surface area contributed by atoms with Crippen LogP contribution >= 0.6 is 15.2 Å². The Morgan fingerprint density at radius 1 is 0.583 bits per heavy atom. The fourth-order valence-electron chi connectivity index (χ4n) is 2.74. The van der Waals surface area contributed by atoms with Crippen LogP contribution in [0.25, 0.3) is 0 Å². The summed E-state index contributed by atoms with van der Waals surface area (Å²) in [7, 11) is -0.795. The zero-order valence-corrected chi connectivity index (χ0v) is 17.5. The topological polar surface area (TPSA) is 71.1 Å². The van der Waals surface area contributed by atoms with E-state index >= 15 is 0 Å². The van der Waals surface area contributed by atoms with Crippen LogP contribution < -0.4 is 0 Å². The van der Waals surface area contributed by atoms with E-state index in [1.807, 2.05) is 27.7 Å². The Hall–Kier alpha value is -0.480. The molecular weight excluding hydrogens is 350 g/mol. The molecular formula is C16H28O6P2. The molecule has 24 heavy (non-hydrogen) atoms. The zero-order chi connectivity index (χ0) is 18.7. The largest absolute Gasteiger partial charge is 0.334 e. The van der Waals surface area contributed by atoms with E-state index in [0.29, 0.717) is 0 Å². The molecule has 0 amide bonds. The van der Waals surface area contributed by atoms with Gasteiger partial charge in [-0.05, 0) is 61.1 Å². The van der Waals surface area contributed by atoms with Crippen molar-refractivity contribution >= 4 is 15.2 Å². The predicted octanol–water partition coefficient (Wildman–Crippen LogP) is 4.89. The number of hydrogen-bond donors (Lipinski definition) is 0. The molecule has 1 aromatic carbocycles. The third-order valence-corrected chi connectivity index (χ3v) is 8.38. The number of hydrogen-bond acceptors (Lipinski definition) is 6. The molecule has 0 aliphatic heterocycles. The van der Waals surface area contributed by atoms with E-state index in [0.717, 1.165) is 33.4 Å². The molecule has 0 heterocycles. The van der Waals surface area contributed by atoms with Gasteiger partial charge in [0, 0.05) is 28.4 Å². The van der Waals surface area contributed by atoms with Gasteiger partial charge in [0.05, 0.1) is 12.3 Å². The Bertz CT molecular complexity index is 594. The summed E-state index contributed by atoms with van der Waals surface area (Å²) >= 11 is 0. The van der Waals surface area contributed by atoms with Crippen LogP contribution in [0, 0.1) is 27.7 Å². The quantitative estimate of drug-likeness (QED) is 0.600. The highest BCUT2D eigenvalue weighted by Crippen LogP contribution is 2.53. The van der Waals surface area contributed by atoms with E-state index in [9.17, 15) is 9.13 Å². The van der Waals surface area contributed by atoms with Crippen LogP contribution in [-0.2, 0) is 39.5 Å². The molecule has 0 unspecified atom stereocenters. The Morgan fingerprint density at radius 3 is 0.958 bits per heavy atom. The minimum atomic E-state index is -3.17. The first-order chi connectivity index (χ1) is 11.1. The van der Waals surface area contributed by atoms with E-state index in [1.165, 1.54) is 28.4 Å². The molecule has 1 rings (SSSR count). The Labute approximate surface area is 144 Å². The average Bonchev–Trinajstić information content (AvgIpc) is 2.60. The second kappa shape index (κ2) is 8.27. The minimum absolute atomic E-state index is 0.200. The third kappa shape index (κ3) is 4.37.